The Hall–Kier alpha value is -1.78. The molecule has 0 aliphatic carbocycles. The van der Waals surface area contributed by atoms with Gasteiger partial charge in [0.15, 0.2) is 0 Å². The van der Waals surface area contributed by atoms with Crippen LogP contribution in [0.2, 0.25) is 0 Å². The van der Waals surface area contributed by atoms with Crippen molar-refractivity contribution in [2.45, 2.75) is 6.16 Å². The molecule has 4 rings (SSSR count). The van der Waals surface area contributed by atoms with E-state index in [9.17, 15) is 0 Å². The van der Waals surface area contributed by atoms with Gasteiger partial charge in [-0.25, -0.2) is 0 Å². The zero-order valence-corrected chi connectivity index (χ0v) is 18.7. The van der Waals surface area contributed by atoms with Gasteiger partial charge in [-0.15, -0.1) is 0 Å². The van der Waals surface area contributed by atoms with E-state index in [0.717, 1.165) is 6.16 Å². The second-order valence-corrected chi connectivity index (χ2v) is 9.95. The smallest absolute Gasteiger partial charge is 0.116 e. The summed E-state index contributed by atoms with van der Waals surface area (Å²) in [6.45, 7) is 0. The Labute approximate surface area is 187 Å². The van der Waals surface area contributed by atoms with Crippen molar-refractivity contribution in [1.29, 1.82) is 0 Å². The number of benzene rings is 4. The van der Waals surface area contributed by atoms with Crippen LogP contribution < -0.4 is 28.3 Å². The van der Waals surface area contributed by atoms with Crippen LogP contribution >= 0.6 is 7.26 Å². The average Bonchev–Trinajstić information content (AvgIpc) is 2.75. The third-order valence-corrected chi connectivity index (χ3v) is 9.23. The van der Waals surface area contributed by atoms with Gasteiger partial charge in [0.25, 0.3) is 0 Å². The molecule has 0 amide bonds. The Balaban J connectivity index is 0.00000140. The van der Waals surface area contributed by atoms with Crippen LogP contribution in [0.15, 0.2) is 121 Å². The van der Waals surface area contributed by atoms with Gasteiger partial charge in [0.05, 0.1) is 6.16 Å². The molecule has 143 valence electrons. The molecule has 28 heavy (non-hydrogen) atoms. The quantitative estimate of drug-likeness (QED) is 0.297. The van der Waals surface area contributed by atoms with E-state index in [4.69, 9.17) is 0 Å². The summed E-state index contributed by atoms with van der Waals surface area (Å²) in [5, 5.41) is 4.30. The van der Waals surface area contributed by atoms with E-state index in [2.05, 4.69) is 121 Å². The van der Waals surface area contributed by atoms with Crippen molar-refractivity contribution in [3.8, 4) is 0 Å². The molecule has 0 aliphatic rings. The van der Waals surface area contributed by atoms with E-state index in [1.54, 1.807) is 0 Å². The maximum atomic E-state index is 2.30. The van der Waals surface area contributed by atoms with E-state index in [1.807, 2.05) is 0 Å². The van der Waals surface area contributed by atoms with Crippen LogP contribution in [-0.2, 0) is 25.6 Å². The molecular weight excluding hydrogens is 470 g/mol. The van der Waals surface area contributed by atoms with Crippen LogP contribution in [0.1, 0.15) is 5.56 Å². The predicted molar refractivity (Wildman–Crippen MR) is 115 cm³/mol. The minimum atomic E-state index is -1.78. The van der Waals surface area contributed by atoms with Crippen molar-refractivity contribution >= 4 is 23.2 Å². The molecule has 4 aromatic rings. The standard InChI is InChI=1S/C25H22P.ClH.Rh/c1-5-13-22(14-6-1)21-26(23-15-7-2-8-16-23,24-17-9-3-10-18-24)25-19-11-4-12-20-25;;/h1-20H,21H2;1H;/q+1;;/p-1. The monoisotopic (exact) mass is 491 g/mol. The largest absolute Gasteiger partial charge is 1.00 e. The van der Waals surface area contributed by atoms with Crippen LogP contribution in [-0.4, -0.2) is 0 Å². The second-order valence-electron chi connectivity index (χ2n) is 6.46. The maximum Gasteiger partial charge on any atom is 0.116 e. The first-order chi connectivity index (χ1) is 12.9. The van der Waals surface area contributed by atoms with Gasteiger partial charge in [-0.1, -0.05) is 84.9 Å². The SMILES string of the molecule is [Cl-].[Rh].c1ccc(C[P+](c2ccccc2)(c2ccccc2)c2ccccc2)cc1. The normalized spacial score (nSPS) is 10.4. The number of hydrogen-bond acceptors (Lipinski definition) is 0. The molecule has 0 bridgehead atoms. The van der Waals surface area contributed by atoms with Gasteiger partial charge in [-0.05, 0) is 42.0 Å². The van der Waals surface area contributed by atoms with Gasteiger partial charge in [-0.2, -0.15) is 0 Å². The fraction of sp³-hybridized carbons (Fsp3) is 0.0400. The molecule has 0 saturated heterocycles. The van der Waals surface area contributed by atoms with Crippen LogP contribution in [0.3, 0.4) is 0 Å². The van der Waals surface area contributed by atoms with Crippen LogP contribution in [0.4, 0.5) is 0 Å². The van der Waals surface area contributed by atoms with Crippen LogP contribution in [0.25, 0.3) is 0 Å². The molecular formula is C25H22ClPRh. The molecule has 0 N–H and O–H groups in total. The zero-order valence-electron chi connectivity index (χ0n) is 15.4. The Morgan fingerprint density at radius 1 is 0.429 bits per heavy atom. The Morgan fingerprint density at radius 3 is 1.04 bits per heavy atom. The van der Waals surface area contributed by atoms with Gasteiger partial charge in [0.2, 0.25) is 0 Å². The number of rotatable bonds is 5. The topological polar surface area (TPSA) is 0 Å². The minimum Gasteiger partial charge on any atom is -1.00 e. The summed E-state index contributed by atoms with van der Waals surface area (Å²) >= 11 is 0. The third kappa shape index (κ3) is 4.61. The third-order valence-electron chi connectivity index (χ3n) is 4.85. The van der Waals surface area contributed by atoms with Gasteiger partial charge in [-0.3, -0.25) is 0 Å². The number of hydrogen-bond donors (Lipinski definition) is 0. The van der Waals surface area contributed by atoms with Crippen LogP contribution in [0, 0.1) is 0 Å². The fourth-order valence-electron chi connectivity index (χ4n) is 3.63. The Bertz CT molecular complexity index is 848. The first-order valence-electron chi connectivity index (χ1n) is 8.98. The van der Waals surface area contributed by atoms with Crippen molar-refractivity contribution in [1.82, 2.24) is 0 Å². The van der Waals surface area contributed by atoms with Crippen molar-refractivity contribution in [3.63, 3.8) is 0 Å². The molecule has 0 unspecified atom stereocenters. The van der Waals surface area contributed by atoms with E-state index in [0.29, 0.717) is 0 Å². The molecule has 0 heterocycles. The minimum absolute atomic E-state index is 0. The van der Waals surface area contributed by atoms with Crippen molar-refractivity contribution in [2.24, 2.45) is 0 Å². The van der Waals surface area contributed by atoms with Gasteiger partial charge in [0, 0.05) is 19.5 Å². The van der Waals surface area contributed by atoms with Crippen molar-refractivity contribution in [3.05, 3.63) is 127 Å². The maximum absolute atomic E-state index is 2.30. The Morgan fingerprint density at radius 2 is 0.714 bits per heavy atom. The summed E-state index contributed by atoms with van der Waals surface area (Å²) in [5.41, 5.74) is 1.39. The summed E-state index contributed by atoms with van der Waals surface area (Å²) in [5.74, 6) is 0. The van der Waals surface area contributed by atoms with Gasteiger partial charge in [0.1, 0.15) is 23.2 Å². The molecule has 0 fully saturated rings. The summed E-state index contributed by atoms with van der Waals surface area (Å²) in [7, 11) is -1.78. The first-order valence-corrected chi connectivity index (χ1v) is 11.0. The molecule has 0 aromatic heterocycles. The van der Waals surface area contributed by atoms with Crippen molar-refractivity contribution < 1.29 is 31.9 Å². The van der Waals surface area contributed by atoms with E-state index >= 15 is 0 Å². The molecule has 1 radical (unpaired) electrons. The summed E-state index contributed by atoms with van der Waals surface area (Å²) in [4.78, 5) is 0. The second kappa shape index (κ2) is 10.7. The average molecular weight is 492 g/mol. The molecule has 0 atom stereocenters. The van der Waals surface area contributed by atoms with E-state index < -0.39 is 7.26 Å². The molecule has 0 aliphatic heterocycles. The van der Waals surface area contributed by atoms with Crippen molar-refractivity contribution in [2.75, 3.05) is 0 Å². The Kier molecular flexibility index (Phi) is 8.59. The van der Waals surface area contributed by atoms with Gasteiger partial charge >= 0.3 is 0 Å². The molecule has 0 saturated carbocycles. The van der Waals surface area contributed by atoms with E-state index in [1.165, 1.54) is 21.5 Å². The fourth-order valence-corrected chi connectivity index (χ4v) is 7.87. The summed E-state index contributed by atoms with van der Waals surface area (Å²) in [6.07, 6.45) is 1.03. The van der Waals surface area contributed by atoms with Crippen LogP contribution in [0.5, 0.6) is 0 Å². The molecule has 3 heteroatoms. The molecule has 4 aromatic carbocycles. The van der Waals surface area contributed by atoms with Gasteiger partial charge < -0.3 is 12.4 Å². The number of halogens is 1. The molecule has 0 spiro atoms. The molecule has 0 nitrogen and oxygen atoms in total. The first kappa shape index (κ1) is 22.5. The summed E-state index contributed by atoms with van der Waals surface area (Å²) < 4.78 is 0. The summed E-state index contributed by atoms with van der Waals surface area (Å²) in [6, 6.07) is 44.0. The van der Waals surface area contributed by atoms with E-state index in [-0.39, 0.29) is 31.9 Å². The zero-order chi connectivity index (χ0) is 17.7. The predicted octanol–water partition coefficient (Wildman–Crippen LogP) is 2.18.